The number of non-ortho nitro benzene ring substituents is 1. The largest absolute Gasteiger partial charge is 0.379 e. The van der Waals surface area contributed by atoms with Gasteiger partial charge < -0.3 is 5.32 Å². The van der Waals surface area contributed by atoms with Gasteiger partial charge in [0.05, 0.1) is 16.2 Å². The third-order valence-corrected chi connectivity index (χ3v) is 3.17. The summed E-state index contributed by atoms with van der Waals surface area (Å²) in [5, 5.41) is 14.2. The van der Waals surface area contributed by atoms with Crippen molar-refractivity contribution in [1.82, 2.24) is 0 Å². The van der Waals surface area contributed by atoms with Crippen molar-refractivity contribution in [1.29, 1.82) is 0 Å². The molecular formula is C15H22N2O2Si. The van der Waals surface area contributed by atoms with Crippen LogP contribution in [0.5, 0.6) is 0 Å². The quantitative estimate of drug-likeness (QED) is 0.387. The van der Waals surface area contributed by atoms with E-state index in [-0.39, 0.29) is 16.1 Å². The molecular weight excluding hydrogens is 268 g/mol. The molecule has 20 heavy (non-hydrogen) atoms. The number of rotatable bonds is 2. The van der Waals surface area contributed by atoms with Gasteiger partial charge in [-0.1, -0.05) is 25.6 Å². The van der Waals surface area contributed by atoms with Crippen LogP contribution in [0.3, 0.4) is 0 Å². The Balaban J connectivity index is 3.29. The number of nitro benzene ring substituents is 1. The van der Waals surface area contributed by atoms with Gasteiger partial charge >= 0.3 is 0 Å². The standard InChI is InChI=1S/C15H22N2O2Si/c1-15(2,3)16-14-8-7-13(17(18)19)11-12(14)9-10-20(4,5)6/h7-8,11,16H,1-6H3. The molecule has 0 unspecified atom stereocenters. The molecule has 0 amide bonds. The maximum absolute atomic E-state index is 10.9. The van der Waals surface area contributed by atoms with Crippen molar-refractivity contribution < 1.29 is 4.92 Å². The van der Waals surface area contributed by atoms with E-state index >= 15 is 0 Å². The monoisotopic (exact) mass is 290 g/mol. The van der Waals surface area contributed by atoms with Crippen molar-refractivity contribution in [2.75, 3.05) is 5.32 Å². The molecule has 0 bridgehead atoms. The van der Waals surface area contributed by atoms with E-state index in [1.165, 1.54) is 6.07 Å². The van der Waals surface area contributed by atoms with Crippen molar-refractivity contribution >= 4 is 19.4 Å². The average molecular weight is 290 g/mol. The van der Waals surface area contributed by atoms with Crippen LogP contribution in [0.25, 0.3) is 0 Å². The van der Waals surface area contributed by atoms with E-state index in [1.54, 1.807) is 12.1 Å². The molecule has 1 N–H and O–H groups in total. The molecule has 0 aliphatic rings. The molecule has 0 aliphatic carbocycles. The van der Waals surface area contributed by atoms with Gasteiger partial charge in [-0.15, -0.1) is 5.54 Å². The summed E-state index contributed by atoms with van der Waals surface area (Å²) in [6.45, 7) is 12.6. The number of anilines is 1. The van der Waals surface area contributed by atoms with Gasteiger partial charge in [0.15, 0.2) is 0 Å². The van der Waals surface area contributed by atoms with Gasteiger partial charge in [0, 0.05) is 17.7 Å². The van der Waals surface area contributed by atoms with Gasteiger partial charge in [0.1, 0.15) is 8.07 Å². The molecule has 5 heteroatoms. The Bertz CT molecular complexity index is 572. The van der Waals surface area contributed by atoms with Crippen molar-refractivity contribution in [2.24, 2.45) is 0 Å². The second kappa shape index (κ2) is 5.67. The Kier molecular flexibility index (Phi) is 4.61. The maximum Gasteiger partial charge on any atom is 0.270 e. The lowest BCUT2D eigenvalue weighted by Gasteiger charge is -2.23. The van der Waals surface area contributed by atoms with Gasteiger partial charge in [-0.3, -0.25) is 10.1 Å². The second-order valence-corrected chi connectivity index (χ2v) is 11.6. The summed E-state index contributed by atoms with van der Waals surface area (Å²) in [4.78, 5) is 10.5. The smallest absolute Gasteiger partial charge is 0.270 e. The van der Waals surface area contributed by atoms with Gasteiger partial charge in [-0.25, -0.2) is 0 Å². The first-order valence-corrected chi connectivity index (χ1v) is 10.1. The molecule has 0 saturated carbocycles. The number of benzene rings is 1. The minimum atomic E-state index is -1.52. The zero-order valence-electron chi connectivity index (χ0n) is 13.0. The molecule has 0 radical (unpaired) electrons. The molecule has 0 saturated heterocycles. The lowest BCUT2D eigenvalue weighted by molar-refractivity contribution is -0.384. The third-order valence-electron chi connectivity index (χ3n) is 2.30. The molecule has 4 nitrogen and oxygen atoms in total. The van der Waals surface area contributed by atoms with Crippen LogP contribution in [0.2, 0.25) is 19.6 Å². The van der Waals surface area contributed by atoms with E-state index < -0.39 is 8.07 Å². The fourth-order valence-electron chi connectivity index (χ4n) is 1.52. The Labute approximate surface area is 121 Å². The van der Waals surface area contributed by atoms with E-state index in [1.807, 2.05) is 20.8 Å². The predicted octanol–water partition coefficient (Wildman–Crippen LogP) is 4.03. The maximum atomic E-state index is 10.9. The average Bonchev–Trinajstić information content (AvgIpc) is 2.24. The first-order chi connectivity index (χ1) is 8.98. The Morgan fingerprint density at radius 2 is 1.85 bits per heavy atom. The molecule has 0 aliphatic heterocycles. The van der Waals surface area contributed by atoms with Crippen molar-refractivity contribution in [2.45, 2.75) is 46.0 Å². The molecule has 1 aromatic rings. The summed E-state index contributed by atoms with van der Waals surface area (Å²) in [5.41, 5.74) is 4.74. The van der Waals surface area contributed by atoms with Gasteiger partial charge in [-0.2, -0.15) is 0 Å². The highest BCUT2D eigenvalue weighted by atomic mass is 28.3. The fraction of sp³-hybridized carbons (Fsp3) is 0.467. The molecule has 0 spiro atoms. The molecule has 1 rings (SSSR count). The van der Waals surface area contributed by atoms with E-state index in [2.05, 4.69) is 36.4 Å². The van der Waals surface area contributed by atoms with Crippen LogP contribution in [0.15, 0.2) is 18.2 Å². The lowest BCUT2D eigenvalue weighted by atomic mass is 10.1. The van der Waals surface area contributed by atoms with E-state index in [0.29, 0.717) is 5.56 Å². The highest BCUT2D eigenvalue weighted by molar-refractivity contribution is 6.83. The lowest BCUT2D eigenvalue weighted by Crippen LogP contribution is -2.26. The fourth-order valence-corrected chi connectivity index (χ4v) is 2.03. The molecule has 108 valence electrons. The van der Waals surface area contributed by atoms with Crippen LogP contribution in [0.4, 0.5) is 11.4 Å². The molecule has 0 aromatic heterocycles. The van der Waals surface area contributed by atoms with E-state index in [4.69, 9.17) is 0 Å². The number of hydrogen-bond donors (Lipinski definition) is 1. The molecule has 0 atom stereocenters. The number of nitrogens with zero attached hydrogens (tertiary/aromatic N) is 1. The highest BCUT2D eigenvalue weighted by Crippen LogP contribution is 2.24. The number of nitrogens with one attached hydrogen (secondary N) is 1. The van der Waals surface area contributed by atoms with E-state index in [0.717, 1.165) is 5.69 Å². The zero-order chi connectivity index (χ0) is 15.6. The number of hydrogen-bond acceptors (Lipinski definition) is 3. The van der Waals surface area contributed by atoms with Gasteiger partial charge in [0.2, 0.25) is 0 Å². The summed E-state index contributed by atoms with van der Waals surface area (Å²) < 4.78 is 0. The zero-order valence-corrected chi connectivity index (χ0v) is 14.0. The minimum Gasteiger partial charge on any atom is -0.379 e. The van der Waals surface area contributed by atoms with Crippen LogP contribution in [0.1, 0.15) is 26.3 Å². The summed E-state index contributed by atoms with van der Waals surface area (Å²) in [7, 11) is -1.52. The van der Waals surface area contributed by atoms with Crippen molar-refractivity contribution in [3.05, 3.63) is 33.9 Å². The topological polar surface area (TPSA) is 55.2 Å². The second-order valence-electron chi connectivity index (χ2n) is 6.86. The Morgan fingerprint density at radius 1 is 1.25 bits per heavy atom. The van der Waals surface area contributed by atoms with Crippen molar-refractivity contribution in [3.63, 3.8) is 0 Å². The highest BCUT2D eigenvalue weighted by Gasteiger charge is 2.15. The van der Waals surface area contributed by atoms with Crippen LogP contribution < -0.4 is 5.32 Å². The molecule has 1 aromatic carbocycles. The SMILES string of the molecule is CC(C)(C)Nc1ccc([N+](=O)[O-])cc1C#C[Si](C)(C)C. The molecule has 0 fully saturated rings. The van der Waals surface area contributed by atoms with E-state index in [9.17, 15) is 10.1 Å². The van der Waals surface area contributed by atoms with Crippen molar-refractivity contribution in [3.8, 4) is 11.5 Å². The summed E-state index contributed by atoms with van der Waals surface area (Å²) in [6, 6.07) is 4.78. The first kappa shape index (κ1) is 16.3. The van der Waals surface area contributed by atoms with Crippen LogP contribution in [-0.2, 0) is 0 Å². The molecule has 0 heterocycles. The number of nitro groups is 1. The summed E-state index contributed by atoms with van der Waals surface area (Å²) in [5.74, 6) is 3.12. The predicted molar refractivity (Wildman–Crippen MR) is 86.7 cm³/mol. The van der Waals surface area contributed by atoms with Gasteiger partial charge in [-0.05, 0) is 26.8 Å². The summed E-state index contributed by atoms with van der Waals surface area (Å²) in [6.07, 6.45) is 0. The van der Waals surface area contributed by atoms with Crippen LogP contribution in [-0.4, -0.2) is 18.5 Å². The van der Waals surface area contributed by atoms with Gasteiger partial charge in [0.25, 0.3) is 5.69 Å². The Morgan fingerprint density at radius 3 is 2.30 bits per heavy atom. The third kappa shape index (κ3) is 5.45. The first-order valence-electron chi connectivity index (χ1n) is 6.58. The summed E-state index contributed by atoms with van der Waals surface area (Å²) >= 11 is 0. The minimum absolute atomic E-state index is 0.0735. The normalized spacial score (nSPS) is 11.5. The van der Waals surface area contributed by atoms with Crippen LogP contribution in [0, 0.1) is 21.6 Å². The van der Waals surface area contributed by atoms with Crippen LogP contribution >= 0.6 is 0 Å². The Hall–Kier alpha value is -1.80.